The van der Waals surface area contributed by atoms with E-state index in [1.165, 1.54) is 11.8 Å². The largest absolute Gasteiger partial charge is 0.372 e. The van der Waals surface area contributed by atoms with Crippen LogP contribution in [-0.2, 0) is 0 Å². The number of nitrogens with zero attached hydrogens (tertiary/aromatic N) is 3. The van der Waals surface area contributed by atoms with E-state index in [1.54, 1.807) is 28.4 Å². The lowest BCUT2D eigenvalue weighted by Crippen LogP contribution is -2.40. The Labute approximate surface area is 206 Å². The minimum atomic E-state index is -0.451. The third kappa shape index (κ3) is 5.55. The molecule has 1 aliphatic rings. The zero-order valence-corrected chi connectivity index (χ0v) is 21.3. The highest BCUT2D eigenvalue weighted by molar-refractivity contribution is 9.10. The summed E-state index contributed by atoms with van der Waals surface area (Å²) in [6.45, 7) is 7.57. The molecule has 1 aliphatic heterocycles. The number of urea groups is 1. The number of amides is 2. The predicted molar refractivity (Wildman–Crippen MR) is 138 cm³/mol. The number of benzene rings is 2. The molecule has 0 bridgehead atoms. The molecule has 2 amide bonds. The number of carbonyl (C=O) groups excluding carboxylic acids is 1. The molecule has 1 fully saturated rings. The number of hydrogen-bond donors (Lipinski definition) is 1. The van der Waals surface area contributed by atoms with Crippen molar-refractivity contribution in [3.8, 4) is 11.3 Å². The molecule has 174 valence electrons. The monoisotopic (exact) mass is 530 g/mol. The molecule has 1 aromatic heterocycles. The fourth-order valence-corrected chi connectivity index (χ4v) is 5.49. The van der Waals surface area contributed by atoms with Crippen LogP contribution in [0.15, 0.2) is 52.3 Å². The zero-order chi connectivity index (χ0) is 23.4. The molecule has 3 aromatic rings. The number of piperidine rings is 1. The van der Waals surface area contributed by atoms with Crippen LogP contribution in [0.3, 0.4) is 0 Å². The van der Waals surface area contributed by atoms with E-state index in [-0.39, 0.29) is 11.7 Å². The van der Waals surface area contributed by atoms with E-state index in [0.29, 0.717) is 23.5 Å². The van der Waals surface area contributed by atoms with Gasteiger partial charge in [0, 0.05) is 53.2 Å². The van der Waals surface area contributed by atoms with Crippen molar-refractivity contribution < 1.29 is 9.18 Å². The maximum Gasteiger partial charge on any atom is 0.321 e. The molecule has 0 radical (unpaired) electrons. The Balaban J connectivity index is 1.34. The van der Waals surface area contributed by atoms with Crippen LogP contribution < -0.4 is 10.2 Å². The van der Waals surface area contributed by atoms with Crippen LogP contribution in [0.4, 0.5) is 20.6 Å². The smallest absolute Gasteiger partial charge is 0.321 e. The van der Waals surface area contributed by atoms with Crippen molar-refractivity contribution in [3.63, 3.8) is 0 Å². The second kappa shape index (κ2) is 10.7. The van der Waals surface area contributed by atoms with Gasteiger partial charge >= 0.3 is 6.03 Å². The normalized spacial score (nSPS) is 14.4. The Morgan fingerprint density at radius 3 is 2.52 bits per heavy atom. The van der Waals surface area contributed by atoms with Gasteiger partial charge in [0.2, 0.25) is 0 Å². The SMILES string of the molecule is CCN(CC)c1ccc(-c2csc(C3CCN(C(=O)Nc4ccc(Br)cc4F)CC3)n2)cc1. The molecule has 2 heterocycles. The van der Waals surface area contributed by atoms with Gasteiger partial charge in [-0.15, -0.1) is 11.3 Å². The van der Waals surface area contributed by atoms with Gasteiger partial charge in [0.1, 0.15) is 5.82 Å². The topological polar surface area (TPSA) is 48.5 Å². The molecule has 8 heteroatoms. The van der Waals surface area contributed by atoms with Gasteiger partial charge in [-0.2, -0.15) is 0 Å². The molecular weight excluding hydrogens is 503 g/mol. The lowest BCUT2D eigenvalue weighted by molar-refractivity contribution is 0.194. The number of hydrogen-bond acceptors (Lipinski definition) is 4. The first-order valence-electron chi connectivity index (χ1n) is 11.3. The van der Waals surface area contributed by atoms with Crippen LogP contribution in [0.5, 0.6) is 0 Å². The van der Waals surface area contributed by atoms with Crippen LogP contribution in [0.25, 0.3) is 11.3 Å². The average Bonchev–Trinajstić information content (AvgIpc) is 3.32. The second-order valence-electron chi connectivity index (χ2n) is 8.11. The average molecular weight is 531 g/mol. The Morgan fingerprint density at radius 1 is 1.18 bits per heavy atom. The standard InChI is InChI=1S/C25H28BrFN4OS/c1-3-30(4-2)20-8-5-17(6-9-20)23-16-33-24(28-23)18-11-13-31(14-12-18)25(32)29-22-10-7-19(26)15-21(22)27/h5-10,15-16,18H,3-4,11-14H2,1-2H3,(H,29,32). The van der Waals surface area contributed by atoms with Gasteiger partial charge < -0.3 is 15.1 Å². The summed E-state index contributed by atoms with van der Waals surface area (Å²) in [5.41, 5.74) is 3.56. The van der Waals surface area contributed by atoms with Gasteiger partial charge in [-0.3, -0.25) is 0 Å². The number of aromatic nitrogens is 1. The molecule has 33 heavy (non-hydrogen) atoms. The molecule has 4 rings (SSSR count). The van der Waals surface area contributed by atoms with E-state index in [2.05, 4.69) is 69.6 Å². The Morgan fingerprint density at radius 2 is 1.88 bits per heavy atom. The van der Waals surface area contributed by atoms with Crippen molar-refractivity contribution in [1.82, 2.24) is 9.88 Å². The summed E-state index contributed by atoms with van der Waals surface area (Å²) in [5, 5.41) is 5.93. The summed E-state index contributed by atoms with van der Waals surface area (Å²) < 4.78 is 14.7. The van der Waals surface area contributed by atoms with Crippen molar-refractivity contribution in [2.75, 3.05) is 36.4 Å². The van der Waals surface area contributed by atoms with Crippen molar-refractivity contribution in [2.45, 2.75) is 32.6 Å². The molecule has 1 saturated heterocycles. The third-order valence-electron chi connectivity index (χ3n) is 6.12. The van der Waals surface area contributed by atoms with Crippen LogP contribution in [0, 0.1) is 5.82 Å². The van der Waals surface area contributed by atoms with E-state index in [1.807, 2.05) is 0 Å². The van der Waals surface area contributed by atoms with Crippen molar-refractivity contribution in [1.29, 1.82) is 0 Å². The summed E-state index contributed by atoms with van der Waals surface area (Å²) in [5.74, 6) is -0.111. The molecular formula is C25H28BrFN4OS. The maximum absolute atomic E-state index is 14.0. The van der Waals surface area contributed by atoms with E-state index in [9.17, 15) is 9.18 Å². The minimum absolute atomic E-state index is 0.196. The summed E-state index contributed by atoms with van der Waals surface area (Å²) in [6, 6.07) is 13.0. The van der Waals surface area contributed by atoms with Gasteiger partial charge in [0.25, 0.3) is 0 Å². The van der Waals surface area contributed by atoms with Crippen molar-refractivity contribution in [3.05, 3.63) is 63.1 Å². The van der Waals surface area contributed by atoms with Crippen molar-refractivity contribution in [2.24, 2.45) is 0 Å². The summed E-state index contributed by atoms with van der Waals surface area (Å²) in [7, 11) is 0. The highest BCUT2D eigenvalue weighted by Crippen LogP contribution is 2.33. The summed E-state index contributed by atoms with van der Waals surface area (Å²) >= 11 is 4.92. The van der Waals surface area contributed by atoms with Crippen LogP contribution >= 0.6 is 27.3 Å². The minimum Gasteiger partial charge on any atom is -0.372 e. The highest BCUT2D eigenvalue weighted by Gasteiger charge is 2.26. The Hall–Kier alpha value is -2.45. The van der Waals surface area contributed by atoms with E-state index in [0.717, 1.165) is 42.2 Å². The second-order valence-corrected chi connectivity index (χ2v) is 9.91. The van der Waals surface area contributed by atoms with Gasteiger partial charge in [0.15, 0.2) is 0 Å². The number of carbonyl (C=O) groups is 1. The third-order valence-corrected chi connectivity index (χ3v) is 7.62. The Bertz CT molecular complexity index is 1090. The van der Waals surface area contributed by atoms with Gasteiger partial charge in [-0.05, 0) is 57.0 Å². The first-order chi connectivity index (χ1) is 16.0. The van der Waals surface area contributed by atoms with Gasteiger partial charge in [-0.25, -0.2) is 14.2 Å². The number of halogens is 2. The first-order valence-corrected chi connectivity index (χ1v) is 13.0. The predicted octanol–water partition coefficient (Wildman–Crippen LogP) is 6.97. The Kier molecular flexibility index (Phi) is 7.65. The van der Waals surface area contributed by atoms with E-state index >= 15 is 0 Å². The number of anilines is 2. The molecule has 1 N–H and O–H groups in total. The first kappa shape index (κ1) is 23.7. The van der Waals surface area contributed by atoms with Gasteiger partial charge in [0.05, 0.1) is 16.4 Å². The van der Waals surface area contributed by atoms with Crippen LogP contribution in [0.1, 0.15) is 37.6 Å². The number of likely N-dealkylation sites (tertiary alicyclic amines) is 1. The molecule has 0 saturated carbocycles. The highest BCUT2D eigenvalue weighted by atomic mass is 79.9. The van der Waals surface area contributed by atoms with E-state index in [4.69, 9.17) is 4.98 Å². The lowest BCUT2D eigenvalue weighted by Gasteiger charge is -2.31. The number of nitrogens with one attached hydrogen (secondary N) is 1. The lowest BCUT2D eigenvalue weighted by atomic mass is 9.98. The maximum atomic E-state index is 14.0. The molecule has 5 nitrogen and oxygen atoms in total. The number of rotatable bonds is 6. The van der Waals surface area contributed by atoms with E-state index < -0.39 is 5.82 Å². The van der Waals surface area contributed by atoms with Crippen LogP contribution in [-0.4, -0.2) is 42.1 Å². The number of thiazole rings is 1. The molecule has 0 aliphatic carbocycles. The molecule has 2 aromatic carbocycles. The fraction of sp³-hybridized carbons (Fsp3) is 0.360. The van der Waals surface area contributed by atoms with Crippen molar-refractivity contribution >= 4 is 44.7 Å². The summed E-state index contributed by atoms with van der Waals surface area (Å²) in [6.07, 6.45) is 1.70. The van der Waals surface area contributed by atoms with Gasteiger partial charge in [-0.1, -0.05) is 28.1 Å². The quantitative estimate of drug-likeness (QED) is 0.374. The molecule has 0 spiro atoms. The van der Waals surface area contributed by atoms with Crippen LogP contribution in [0.2, 0.25) is 0 Å². The molecule has 0 unspecified atom stereocenters. The zero-order valence-electron chi connectivity index (χ0n) is 18.9. The summed E-state index contributed by atoms with van der Waals surface area (Å²) in [4.78, 5) is 21.6. The fourth-order valence-electron chi connectivity index (χ4n) is 4.15. The molecule has 0 atom stereocenters.